The van der Waals surface area contributed by atoms with Gasteiger partial charge in [-0.2, -0.15) is 0 Å². The van der Waals surface area contributed by atoms with Crippen LogP contribution in [-0.4, -0.2) is 23.9 Å². The van der Waals surface area contributed by atoms with Crippen LogP contribution in [0, 0.1) is 0 Å². The molecule has 0 bridgehead atoms. The zero-order valence-corrected chi connectivity index (χ0v) is 9.54. The molecule has 1 rings (SSSR count). The number of halogens is 3. The minimum absolute atomic E-state index is 0.0515. The summed E-state index contributed by atoms with van der Waals surface area (Å²) in [4.78, 5) is 11.4. The molecular weight excluding hydrogens is 249 g/mol. The standard InChI is InChI=1S/C12H13F3O3/c13-12(14,15)18-11-5-3-9(4-6-11)8-10(17)2-1-7-16/h3-6,16H,1-2,7-8H2. The number of aliphatic hydroxyl groups excluding tert-OH is 1. The van der Waals surface area contributed by atoms with Crippen molar-refractivity contribution in [2.75, 3.05) is 6.61 Å². The lowest BCUT2D eigenvalue weighted by Gasteiger charge is -2.09. The first kappa shape index (κ1) is 14.5. The van der Waals surface area contributed by atoms with Crippen molar-refractivity contribution in [3.05, 3.63) is 29.8 Å². The molecule has 1 N–H and O–H groups in total. The number of ether oxygens (including phenoxy) is 1. The number of aliphatic hydroxyl groups is 1. The van der Waals surface area contributed by atoms with Crippen LogP contribution in [0.1, 0.15) is 18.4 Å². The van der Waals surface area contributed by atoms with Gasteiger partial charge in [-0.3, -0.25) is 4.79 Å². The van der Waals surface area contributed by atoms with E-state index in [1.54, 1.807) is 0 Å². The molecule has 0 saturated heterocycles. The molecule has 100 valence electrons. The largest absolute Gasteiger partial charge is 0.573 e. The molecule has 0 heterocycles. The third-order valence-corrected chi connectivity index (χ3v) is 2.17. The highest BCUT2D eigenvalue weighted by atomic mass is 19.4. The van der Waals surface area contributed by atoms with E-state index in [-0.39, 0.29) is 31.0 Å². The van der Waals surface area contributed by atoms with Crippen molar-refractivity contribution >= 4 is 5.78 Å². The molecule has 1 aromatic rings. The SMILES string of the molecule is O=C(CCCO)Cc1ccc(OC(F)(F)F)cc1. The van der Waals surface area contributed by atoms with E-state index in [9.17, 15) is 18.0 Å². The van der Waals surface area contributed by atoms with Gasteiger partial charge >= 0.3 is 6.36 Å². The van der Waals surface area contributed by atoms with E-state index in [4.69, 9.17) is 5.11 Å². The highest BCUT2D eigenvalue weighted by Crippen LogP contribution is 2.22. The molecule has 0 saturated carbocycles. The van der Waals surface area contributed by atoms with Crippen LogP contribution in [0.2, 0.25) is 0 Å². The van der Waals surface area contributed by atoms with Gasteiger partial charge in [0.1, 0.15) is 11.5 Å². The van der Waals surface area contributed by atoms with Crippen LogP contribution in [0.4, 0.5) is 13.2 Å². The van der Waals surface area contributed by atoms with Gasteiger partial charge in [0, 0.05) is 19.4 Å². The molecule has 3 nitrogen and oxygen atoms in total. The fourth-order valence-corrected chi connectivity index (χ4v) is 1.40. The summed E-state index contributed by atoms with van der Waals surface area (Å²) in [7, 11) is 0. The number of hydrogen-bond acceptors (Lipinski definition) is 3. The van der Waals surface area contributed by atoms with E-state index >= 15 is 0 Å². The Morgan fingerprint density at radius 1 is 1.22 bits per heavy atom. The molecule has 0 aromatic heterocycles. The van der Waals surface area contributed by atoms with Gasteiger partial charge in [-0.15, -0.1) is 13.2 Å². The summed E-state index contributed by atoms with van der Waals surface area (Å²) in [6, 6.07) is 5.17. The summed E-state index contributed by atoms with van der Waals surface area (Å²) in [5, 5.41) is 8.55. The molecule has 0 atom stereocenters. The van der Waals surface area contributed by atoms with Crippen molar-refractivity contribution in [3.63, 3.8) is 0 Å². The minimum Gasteiger partial charge on any atom is -0.406 e. The zero-order chi connectivity index (χ0) is 13.6. The molecular formula is C12H13F3O3. The molecule has 0 amide bonds. The predicted molar refractivity (Wildman–Crippen MR) is 58.2 cm³/mol. The first-order chi connectivity index (χ1) is 8.40. The lowest BCUT2D eigenvalue weighted by molar-refractivity contribution is -0.274. The maximum Gasteiger partial charge on any atom is 0.573 e. The normalized spacial score (nSPS) is 11.3. The number of carbonyl (C=O) groups is 1. The monoisotopic (exact) mass is 262 g/mol. The summed E-state index contributed by atoms with van der Waals surface area (Å²) in [5.74, 6) is -0.373. The average molecular weight is 262 g/mol. The number of carbonyl (C=O) groups excluding carboxylic acids is 1. The van der Waals surface area contributed by atoms with Crippen LogP contribution >= 0.6 is 0 Å². The predicted octanol–water partition coefficient (Wildman–Crippen LogP) is 2.47. The second kappa shape index (κ2) is 6.39. The Morgan fingerprint density at radius 3 is 2.33 bits per heavy atom. The van der Waals surface area contributed by atoms with Gasteiger partial charge in [0.25, 0.3) is 0 Å². The van der Waals surface area contributed by atoms with Crippen molar-refractivity contribution in [1.29, 1.82) is 0 Å². The summed E-state index contributed by atoms with van der Waals surface area (Å²) >= 11 is 0. The molecule has 0 unspecified atom stereocenters. The number of benzene rings is 1. The number of Topliss-reactive ketones (excluding diaryl/α,β-unsaturated/α-hetero) is 1. The van der Waals surface area contributed by atoms with Crippen LogP contribution in [0.3, 0.4) is 0 Å². The van der Waals surface area contributed by atoms with Crippen molar-refractivity contribution in [2.24, 2.45) is 0 Å². The minimum atomic E-state index is -4.71. The van der Waals surface area contributed by atoms with Gasteiger partial charge in [0.15, 0.2) is 0 Å². The van der Waals surface area contributed by atoms with E-state index < -0.39 is 6.36 Å². The topological polar surface area (TPSA) is 46.5 Å². The third-order valence-electron chi connectivity index (χ3n) is 2.17. The number of alkyl halides is 3. The Kier molecular flexibility index (Phi) is 5.15. The van der Waals surface area contributed by atoms with E-state index in [0.29, 0.717) is 12.0 Å². The van der Waals surface area contributed by atoms with E-state index in [1.165, 1.54) is 24.3 Å². The van der Waals surface area contributed by atoms with Gasteiger partial charge in [-0.1, -0.05) is 12.1 Å². The first-order valence-electron chi connectivity index (χ1n) is 5.38. The maximum absolute atomic E-state index is 11.9. The quantitative estimate of drug-likeness (QED) is 0.856. The summed E-state index contributed by atoms with van der Waals surface area (Å²) in [6.45, 7) is -0.0515. The Morgan fingerprint density at radius 2 is 1.83 bits per heavy atom. The third kappa shape index (κ3) is 5.67. The number of ketones is 1. The molecule has 0 spiro atoms. The fraction of sp³-hybridized carbons (Fsp3) is 0.417. The van der Waals surface area contributed by atoms with Gasteiger partial charge in [-0.05, 0) is 24.1 Å². The summed E-state index contributed by atoms with van der Waals surface area (Å²) in [6.07, 6.45) is -3.91. The second-order valence-corrected chi connectivity index (χ2v) is 3.73. The molecule has 0 radical (unpaired) electrons. The zero-order valence-electron chi connectivity index (χ0n) is 9.54. The van der Waals surface area contributed by atoms with Gasteiger partial charge in [-0.25, -0.2) is 0 Å². The van der Waals surface area contributed by atoms with Gasteiger partial charge < -0.3 is 9.84 Å². The molecule has 0 aliphatic carbocycles. The molecule has 1 aromatic carbocycles. The van der Waals surface area contributed by atoms with Crippen LogP contribution < -0.4 is 4.74 Å². The molecule has 6 heteroatoms. The Bertz CT molecular complexity index is 385. The van der Waals surface area contributed by atoms with Crippen molar-refractivity contribution in [2.45, 2.75) is 25.6 Å². The summed E-state index contributed by atoms with van der Waals surface area (Å²) < 4.78 is 39.4. The maximum atomic E-state index is 11.9. The first-order valence-corrected chi connectivity index (χ1v) is 5.38. The molecule has 18 heavy (non-hydrogen) atoms. The van der Waals surface area contributed by atoms with Crippen LogP contribution in [0.5, 0.6) is 5.75 Å². The molecule has 0 aliphatic heterocycles. The van der Waals surface area contributed by atoms with Crippen LogP contribution in [-0.2, 0) is 11.2 Å². The number of hydrogen-bond donors (Lipinski definition) is 1. The van der Waals surface area contributed by atoms with Crippen molar-refractivity contribution in [1.82, 2.24) is 0 Å². The van der Waals surface area contributed by atoms with Gasteiger partial charge in [0.2, 0.25) is 0 Å². The summed E-state index contributed by atoms with van der Waals surface area (Å²) in [5.41, 5.74) is 0.618. The van der Waals surface area contributed by atoms with Gasteiger partial charge in [0.05, 0.1) is 0 Å². The second-order valence-electron chi connectivity index (χ2n) is 3.73. The highest BCUT2D eigenvalue weighted by Gasteiger charge is 2.30. The van der Waals surface area contributed by atoms with E-state index in [0.717, 1.165) is 0 Å². The lowest BCUT2D eigenvalue weighted by atomic mass is 10.1. The van der Waals surface area contributed by atoms with E-state index in [2.05, 4.69) is 4.74 Å². The molecule has 0 fully saturated rings. The fourth-order valence-electron chi connectivity index (χ4n) is 1.40. The lowest BCUT2D eigenvalue weighted by Crippen LogP contribution is -2.17. The highest BCUT2D eigenvalue weighted by molar-refractivity contribution is 5.80. The number of rotatable bonds is 6. The molecule has 0 aliphatic rings. The average Bonchev–Trinajstić information content (AvgIpc) is 2.27. The van der Waals surface area contributed by atoms with Crippen molar-refractivity contribution < 1.29 is 27.8 Å². The Balaban J connectivity index is 2.52. The van der Waals surface area contributed by atoms with Crippen molar-refractivity contribution in [3.8, 4) is 5.75 Å². The Hall–Kier alpha value is -1.56. The van der Waals surface area contributed by atoms with Crippen LogP contribution in [0.15, 0.2) is 24.3 Å². The van der Waals surface area contributed by atoms with E-state index in [1.807, 2.05) is 0 Å². The smallest absolute Gasteiger partial charge is 0.406 e. The Labute approximate surface area is 102 Å². The van der Waals surface area contributed by atoms with Crippen LogP contribution in [0.25, 0.3) is 0 Å².